The van der Waals surface area contributed by atoms with Crippen LogP contribution in [-0.2, 0) is 4.79 Å². The smallest absolute Gasteiger partial charge is 0.258 e. The van der Waals surface area contributed by atoms with Crippen molar-refractivity contribution < 1.29 is 4.79 Å². The number of carbonyl (C=O) groups is 1. The van der Waals surface area contributed by atoms with E-state index < -0.39 is 0 Å². The van der Waals surface area contributed by atoms with Crippen LogP contribution in [0.5, 0.6) is 0 Å². The quantitative estimate of drug-likeness (QED) is 0.770. The predicted molar refractivity (Wildman–Crippen MR) is 123 cm³/mol. The van der Waals surface area contributed by atoms with E-state index in [4.69, 9.17) is 4.98 Å². The summed E-state index contributed by atoms with van der Waals surface area (Å²) >= 11 is 0. The third-order valence-electron chi connectivity index (χ3n) is 6.84. The summed E-state index contributed by atoms with van der Waals surface area (Å²) in [7, 11) is 0. The Labute approximate surface area is 182 Å². The van der Waals surface area contributed by atoms with Crippen LogP contribution in [0, 0.1) is 0 Å². The standard InChI is InChI=1S/C25H30N4O2/c1-15(2)16-9-11-17(12-10-16)20-21-18(7-6-8-19(21)30)26-23-22(20)24(31)28-25(27-23)29-13-4-3-5-14-29/h9-12,15,20H,3-8,13-14H2,1-2H3,(H2,26,27,28,31)/t20-/m1/s1. The number of hydrogen-bond donors (Lipinski definition) is 2. The number of nitrogens with one attached hydrogen (secondary N) is 2. The second kappa shape index (κ2) is 7.98. The van der Waals surface area contributed by atoms with E-state index in [2.05, 4.69) is 53.3 Å². The highest BCUT2D eigenvalue weighted by Gasteiger charge is 2.38. The fourth-order valence-electron chi connectivity index (χ4n) is 5.11. The van der Waals surface area contributed by atoms with Gasteiger partial charge in [-0.1, -0.05) is 38.1 Å². The van der Waals surface area contributed by atoms with Gasteiger partial charge in [0.1, 0.15) is 5.82 Å². The summed E-state index contributed by atoms with van der Waals surface area (Å²) in [5.74, 6) is 1.44. The minimum atomic E-state index is -0.369. The third-order valence-corrected chi connectivity index (χ3v) is 6.84. The Hall–Kier alpha value is -2.89. The molecule has 2 N–H and O–H groups in total. The van der Waals surface area contributed by atoms with Gasteiger partial charge in [-0.2, -0.15) is 4.98 Å². The Morgan fingerprint density at radius 2 is 1.74 bits per heavy atom. The van der Waals surface area contributed by atoms with Crippen molar-refractivity contribution in [2.24, 2.45) is 0 Å². The molecule has 5 rings (SSSR count). The van der Waals surface area contributed by atoms with E-state index in [1.807, 2.05) is 0 Å². The molecular weight excluding hydrogens is 388 g/mol. The summed E-state index contributed by atoms with van der Waals surface area (Å²) in [5, 5.41) is 3.38. The number of anilines is 2. The Kier molecular flexibility index (Phi) is 5.16. The second-order valence-corrected chi connectivity index (χ2v) is 9.25. The molecule has 2 aromatic rings. The molecule has 0 spiro atoms. The number of hydrogen-bond acceptors (Lipinski definition) is 5. The molecule has 1 fully saturated rings. The predicted octanol–water partition coefficient (Wildman–Crippen LogP) is 4.45. The Morgan fingerprint density at radius 3 is 2.45 bits per heavy atom. The second-order valence-electron chi connectivity index (χ2n) is 9.25. The molecule has 3 heterocycles. The number of rotatable bonds is 3. The van der Waals surface area contributed by atoms with Gasteiger partial charge in [-0.15, -0.1) is 0 Å². The third kappa shape index (κ3) is 3.58. The van der Waals surface area contributed by atoms with Crippen LogP contribution in [0.15, 0.2) is 40.3 Å². The van der Waals surface area contributed by atoms with Gasteiger partial charge in [0.15, 0.2) is 5.78 Å². The summed E-state index contributed by atoms with van der Waals surface area (Å²) in [6.45, 7) is 6.15. The molecule has 1 atom stereocenters. The number of aromatic amines is 1. The lowest BCUT2D eigenvalue weighted by molar-refractivity contribution is -0.116. The number of H-pyrrole nitrogens is 1. The highest BCUT2D eigenvalue weighted by Crippen LogP contribution is 2.43. The van der Waals surface area contributed by atoms with Crippen molar-refractivity contribution >= 4 is 17.5 Å². The normalized spacial score (nSPS) is 21.1. The molecule has 0 bridgehead atoms. The zero-order valence-corrected chi connectivity index (χ0v) is 18.3. The number of aromatic nitrogens is 2. The minimum absolute atomic E-state index is 0.136. The first-order valence-corrected chi connectivity index (χ1v) is 11.5. The number of allylic oxidation sites excluding steroid dienone is 2. The van der Waals surface area contributed by atoms with Crippen LogP contribution in [0.25, 0.3) is 0 Å². The van der Waals surface area contributed by atoms with Crippen LogP contribution < -0.4 is 15.8 Å². The minimum Gasteiger partial charge on any atom is -0.343 e. The summed E-state index contributed by atoms with van der Waals surface area (Å²) in [6.07, 6.45) is 5.63. The van der Waals surface area contributed by atoms with Crippen molar-refractivity contribution in [1.82, 2.24) is 9.97 Å². The molecule has 1 aromatic heterocycles. The molecule has 1 aliphatic carbocycles. The SMILES string of the molecule is CC(C)c1ccc([C@@H]2C3=C(CCCC3=O)Nc3nc(N4CCCCC4)[nH]c(=O)c32)cc1. The topological polar surface area (TPSA) is 78.1 Å². The van der Waals surface area contributed by atoms with E-state index in [9.17, 15) is 9.59 Å². The Bertz CT molecular complexity index is 1090. The van der Waals surface area contributed by atoms with Gasteiger partial charge in [0.2, 0.25) is 5.95 Å². The van der Waals surface area contributed by atoms with E-state index in [0.29, 0.717) is 29.7 Å². The molecule has 2 aliphatic heterocycles. The molecule has 0 amide bonds. The van der Waals surface area contributed by atoms with E-state index in [-0.39, 0.29) is 17.3 Å². The molecule has 0 radical (unpaired) electrons. The maximum absolute atomic E-state index is 13.4. The molecule has 6 heteroatoms. The number of piperidine rings is 1. The Balaban J connectivity index is 1.64. The van der Waals surface area contributed by atoms with Crippen molar-refractivity contribution in [3.63, 3.8) is 0 Å². The molecule has 162 valence electrons. The fourth-order valence-corrected chi connectivity index (χ4v) is 5.11. The molecule has 0 saturated carbocycles. The van der Waals surface area contributed by atoms with Crippen LogP contribution in [0.2, 0.25) is 0 Å². The summed E-state index contributed by atoms with van der Waals surface area (Å²) in [6, 6.07) is 8.36. The maximum Gasteiger partial charge on any atom is 0.258 e. The van der Waals surface area contributed by atoms with E-state index in [1.54, 1.807) is 0 Å². The summed E-state index contributed by atoms with van der Waals surface area (Å²) in [5.41, 5.74) is 4.31. The van der Waals surface area contributed by atoms with Crippen molar-refractivity contribution in [1.29, 1.82) is 0 Å². The first-order valence-electron chi connectivity index (χ1n) is 11.5. The zero-order chi connectivity index (χ0) is 21.5. The van der Waals surface area contributed by atoms with Crippen LogP contribution in [-0.4, -0.2) is 28.8 Å². The van der Waals surface area contributed by atoms with E-state index in [0.717, 1.165) is 55.6 Å². The van der Waals surface area contributed by atoms with Crippen LogP contribution in [0.3, 0.4) is 0 Å². The first kappa shape index (κ1) is 20.0. The van der Waals surface area contributed by atoms with Gasteiger partial charge in [-0.25, -0.2) is 0 Å². The van der Waals surface area contributed by atoms with Crippen molar-refractivity contribution in [3.05, 3.63) is 62.6 Å². The highest BCUT2D eigenvalue weighted by atomic mass is 16.1. The average molecular weight is 419 g/mol. The lowest BCUT2D eigenvalue weighted by atomic mass is 9.76. The van der Waals surface area contributed by atoms with Gasteiger partial charge < -0.3 is 10.2 Å². The number of ketones is 1. The fraction of sp³-hybridized carbons (Fsp3) is 0.480. The van der Waals surface area contributed by atoms with E-state index >= 15 is 0 Å². The van der Waals surface area contributed by atoms with Gasteiger partial charge in [0.05, 0.1) is 5.56 Å². The number of carbonyl (C=O) groups excluding carboxylic acids is 1. The van der Waals surface area contributed by atoms with Gasteiger partial charge in [-0.3, -0.25) is 14.6 Å². The molecular formula is C25H30N4O2. The van der Waals surface area contributed by atoms with Gasteiger partial charge >= 0.3 is 0 Å². The molecule has 1 aromatic carbocycles. The molecule has 31 heavy (non-hydrogen) atoms. The highest BCUT2D eigenvalue weighted by molar-refractivity contribution is 6.00. The number of Topliss-reactive ketones (excluding diaryl/α,β-unsaturated/α-hetero) is 1. The molecule has 0 unspecified atom stereocenters. The van der Waals surface area contributed by atoms with Gasteiger partial charge in [0.25, 0.3) is 5.56 Å². The Morgan fingerprint density at radius 1 is 1.00 bits per heavy atom. The molecule has 6 nitrogen and oxygen atoms in total. The summed E-state index contributed by atoms with van der Waals surface area (Å²) < 4.78 is 0. The molecule has 3 aliphatic rings. The lowest BCUT2D eigenvalue weighted by Gasteiger charge is -2.34. The van der Waals surface area contributed by atoms with Crippen molar-refractivity contribution in [2.75, 3.05) is 23.3 Å². The van der Waals surface area contributed by atoms with Crippen LogP contribution in [0.4, 0.5) is 11.8 Å². The van der Waals surface area contributed by atoms with Crippen LogP contribution >= 0.6 is 0 Å². The van der Waals surface area contributed by atoms with Crippen LogP contribution in [0.1, 0.15) is 80.9 Å². The number of fused-ring (bicyclic) bond motifs is 1. The largest absolute Gasteiger partial charge is 0.343 e. The molecule has 1 saturated heterocycles. The monoisotopic (exact) mass is 418 g/mol. The lowest BCUT2D eigenvalue weighted by Crippen LogP contribution is -2.36. The van der Waals surface area contributed by atoms with Gasteiger partial charge in [-0.05, 0) is 49.1 Å². The van der Waals surface area contributed by atoms with E-state index in [1.165, 1.54) is 12.0 Å². The first-order chi connectivity index (χ1) is 15.0. The summed E-state index contributed by atoms with van der Waals surface area (Å²) in [4.78, 5) is 36.4. The average Bonchev–Trinajstić information content (AvgIpc) is 2.78. The maximum atomic E-state index is 13.4. The van der Waals surface area contributed by atoms with Crippen molar-refractivity contribution in [2.45, 2.75) is 64.2 Å². The van der Waals surface area contributed by atoms with Gasteiger partial charge in [0, 0.05) is 36.7 Å². The number of benzene rings is 1. The zero-order valence-electron chi connectivity index (χ0n) is 18.3. The number of nitrogens with zero attached hydrogens (tertiary/aromatic N) is 2. The van der Waals surface area contributed by atoms with Crippen molar-refractivity contribution in [3.8, 4) is 0 Å².